The van der Waals surface area contributed by atoms with Gasteiger partial charge in [-0.25, -0.2) is 4.39 Å². The molecular formula is C24H28FN3O. The lowest BCUT2D eigenvalue weighted by Crippen LogP contribution is -2.37. The molecule has 1 aliphatic rings. The van der Waals surface area contributed by atoms with Crippen LogP contribution in [0.1, 0.15) is 34.5 Å². The van der Waals surface area contributed by atoms with Crippen molar-refractivity contribution in [3.05, 3.63) is 71.2 Å². The van der Waals surface area contributed by atoms with Crippen LogP contribution in [0.25, 0.3) is 10.9 Å². The number of likely N-dealkylation sites (N-methyl/N-ethyl adjacent to an activating group) is 1. The molecule has 2 heterocycles. The summed E-state index contributed by atoms with van der Waals surface area (Å²) in [4.78, 5) is 20.6. The van der Waals surface area contributed by atoms with Crippen LogP contribution in [-0.2, 0) is 13.0 Å². The normalized spacial score (nSPS) is 14.4. The minimum Gasteiger partial charge on any atom is -0.357 e. The molecule has 0 fully saturated rings. The van der Waals surface area contributed by atoms with Crippen molar-refractivity contribution in [3.8, 4) is 0 Å². The van der Waals surface area contributed by atoms with Crippen LogP contribution in [0.4, 0.5) is 4.39 Å². The van der Waals surface area contributed by atoms with E-state index >= 15 is 0 Å². The van der Waals surface area contributed by atoms with Crippen molar-refractivity contribution in [1.29, 1.82) is 0 Å². The number of H-pyrrole nitrogens is 1. The highest BCUT2D eigenvalue weighted by Crippen LogP contribution is 2.27. The third kappa shape index (κ3) is 4.74. The Morgan fingerprint density at radius 1 is 1.14 bits per heavy atom. The molecule has 3 aromatic rings. The lowest BCUT2D eigenvalue weighted by Gasteiger charge is -2.28. The largest absolute Gasteiger partial charge is 0.357 e. The van der Waals surface area contributed by atoms with Gasteiger partial charge in [0.1, 0.15) is 5.82 Å². The predicted octanol–water partition coefficient (Wildman–Crippen LogP) is 4.26. The fourth-order valence-corrected chi connectivity index (χ4v) is 4.15. The molecule has 0 unspecified atom stereocenters. The number of Topliss-reactive ketones (excluding diaryl/α,β-unsaturated/α-hetero) is 1. The average molecular weight is 394 g/mol. The third-order valence-corrected chi connectivity index (χ3v) is 5.87. The monoisotopic (exact) mass is 393 g/mol. The minimum absolute atomic E-state index is 0.0840. The number of aromatic amines is 1. The van der Waals surface area contributed by atoms with Gasteiger partial charge in [-0.2, -0.15) is 0 Å². The van der Waals surface area contributed by atoms with Crippen LogP contribution in [0.15, 0.2) is 48.5 Å². The van der Waals surface area contributed by atoms with E-state index in [1.165, 1.54) is 34.3 Å². The summed E-state index contributed by atoms with van der Waals surface area (Å²) in [6.45, 7) is 4.96. The number of ketones is 1. The molecule has 0 atom stereocenters. The van der Waals surface area contributed by atoms with Gasteiger partial charge in [0.15, 0.2) is 5.78 Å². The van der Waals surface area contributed by atoms with Crippen molar-refractivity contribution >= 4 is 16.7 Å². The zero-order valence-electron chi connectivity index (χ0n) is 17.0. The Balaban J connectivity index is 1.20. The Hall–Kier alpha value is -2.50. The van der Waals surface area contributed by atoms with Crippen molar-refractivity contribution in [1.82, 2.24) is 14.8 Å². The molecule has 152 valence electrons. The second kappa shape index (κ2) is 8.89. The van der Waals surface area contributed by atoms with Gasteiger partial charge in [0, 0.05) is 54.8 Å². The first-order valence-electron chi connectivity index (χ1n) is 10.4. The second-order valence-electron chi connectivity index (χ2n) is 7.99. The number of benzene rings is 2. The van der Waals surface area contributed by atoms with E-state index in [2.05, 4.69) is 46.1 Å². The molecule has 2 aromatic carbocycles. The molecule has 0 radical (unpaired) electrons. The number of carbonyl (C=O) groups excluding carboxylic acids is 1. The van der Waals surface area contributed by atoms with E-state index in [1.54, 1.807) is 12.1 Å². The van der Waals surface area contributed by atoms with Crippen molar-refractivity contribution in [2.24, 2.45) is 0 Å². The van der Waals surface area contributed by atoms with Crippen LogP contribution in [0, 0.1) is 5.82 Å². The molecule has 0 saturated heterocycles. The first kappa shape index (κ1) is 19.8. The van der Waals surface area contributed by atoms with E-state index < -0.39 is 0 Å². The van der Waals surface area contributed by atoms with Gasteiger partial charge in [0.05, 0.1) is 0 Å². The summed E-state index contributed by atoms with van der Waals surface area (Å²) in [6.07, 6.45) is 2.41. The van der Waals surface area contributed by atoms with Crippen LogP contribution in [0.5, 0.6) is 0 Å². The van der Waals surface area contributed by atoms with Gasteiger partial charge >= 0.3 is 0 Å². The number of rotatable bonds is 8. The Morgan fingerprint density at radius 2 is 1.93 bits per heavy atom. The average Bonchev–Trinajstić information content (AvgIpc) is 3.10. The maximum atomic E-state index is 13.0. The van der Waals surface area contributed by atoms with Gasteiger partial charge in [-0.1, -0.05) is 18.2 Å². The van der Waals surface area contributed by atoms with Gasteiger partial charge < -0.3 is 9.88 Å². The summed E-state index contributed by atoms with van der Waals surface area (Å²) in [7, 11) is 2.11. The van der Waals surface area contributed by atoms with E-state index in [0.29, 0.717) is 12.0 Å². The maximum absolute atomic E-state index is 13.0. The number of nitrogens with zero attached hydrogens (tertiary/aromatic N) is 2. The van der Waals surface area contributed by atoms with Gasteiger partial charge in [-0.15, -0.1) is 0 Å². The van der Waals surface area contributed by atoms with Crippen LogP contribution in [-0.4, -0.2) is 53.8 Å². The predicted molar refractivity (Wildman–Crippen MR) is 115 cm³/mol. The van der Waals surface area contributed by atoms with Crippen molar-refractivity contribution in [2.45, 2.75) is 25.8 Å². The molecule has 0 aliphatic carbocycles. The Morgan fingerprint density at radius 3 is 2.76 bits per heavy atom. The Labute approximate surface area is 171 Å². The highest BCUT2D eigenvalue weighted by Gasteiger charge is 2.20. The summed E-state index contributed by atoms with van der Waals surface area (Å²) < 4.78 is 13.0. The fraction of sp³-hybridized carbons (Fsp3) is 0.375. The van der Waals surface area contributed by atoms with Crippen LogP contribution in [0.2, 0.25) is 0 Å². The Bertz CT molecular complexity index is 979. The lowest BCUT2D eigenvalue weighted by molar-refractivity contribution is 0.0975. The molecule has 29 heavy (non-hydrogen) atoms. The summed E-state index contributed by atoms with van der Waals surface area (Å²) >= 11 is 0. The molecule has 4 rings (SSSR count). The number of aromatic nitrogens is 1. The van der Waals surface area contributed by atoms with Crippen LogP contribution < -0.4 is 0 Å². The van der Waals surface area contributed by atoms with Crippen molar-refractivity contribution in [2.75, 3.05) is 33.2 Å². The summed E-state index contributed by atoms with van der Waals surface area (Å²) in [6, 6.07) is 14.4. The SMILES string of the molecule is CN(CCCC(=O)c1ccc(F)cc1)CCN1CCc2c([nH]c3ccccc23)C1. The van der Waals surface area contributed by atoms with Gasteiger partial charge in [-0.3, -0.25) is 9.69 Å². The molecule has 4 nitrogen and oxygen atoms in total. The fourth-order valence-electron chi connectivity index (χ4n) is 4.15. The van der Waals surface area contributed by atoms with E-state index in [-0.39, 0.29) is 11.6 Å². The number of carbonyl (C=O) groups is 1. The number of hydrogen-bond donors (Lipinski definition) is 1. The van der Waals surface area contributed by atoms with Crippen LogP contribution >= 0.6 is 0 Å². The molecular weight excluding hydrogens is 365 g/mol. The summed E-state index contributed by atoms with van der Waals surface area (Å²) in [5, 5.41) is 1.37. The third-order valence-electron chi connectivity index (χ3n) is 5.87. The molecule has 0 saturated carbocycles. The smallest absolute Gasteiger partial charge is 0.162 e. The second-order valence-corrected chi connectivity index (χ2v) is 7.99. The van der Waals surface area contributed by atoms with E-state index in [9.17, 15) is 9.18 Å². The molecule has 0 spiro atoms. The number of nitrogens with one attached hydrogen (secondary N) is 1. The van der Waals surface area contributed by atoms with Gasteiger partial charge in [-0.05, 0) is 62.3 Å². The first-order chi connectivity index (χ1) is 14.1. The number of fused-ring (bicyclic) bond motifs is 3. The molecule has 0 amide bonds. The molecule has 1 N–H and O–H groups in total. The maximum Gasteiger partial charge on any atom is 0.162 e. The summed E-state index contributed by atoms with van der Waals surface area (Å²) in [5.74, 6) is -0.223. The number of hydrogen-bond acceptors (Lipinski definition) is 3. The van der Waals surface area contributed by atoms with E-state index in [4.69, 9.17) is 0 Å². The first-order valence-corrected chi connectivity index (χ1v) is 10.4. The number of para-hydroxylation sites is 1. The molecule has 1 aliphatic heterocycles. The number of halogens is 1. The lowest BCUT2D eigenvalue weighted by atomic mass is 10.0. The van der Waals surface area contributed by atoms with E-state index in [1.807, 2.05) is 0 Å². The van der Waals surface area contributed by atoms with Gasteiger partial charge in [0.2, 0.25) is 0 Å². The zero-order chi connectivity index (χ0) is 20.2. The highest BCUT2D eigenvalue weighted by atomic mass is 19.1. The van der Waals surface area contributed by atoms with E-state index in [0.717, 1.165) is 45.6 Å². The quantitative estimate of drug-likeness (QED) is 0.581. The van der Waals surface area contributed by atoms with Crippen LogP contribution in [0.3, 0.4) is 0 Å². The van der Waals surface area contributed by atoms with Gasteiger partial charge in [0.25, 0.3) is 0 Å². The van der Waals surface area contributed by atoms with Crippen molar-refractivity contribution < 1.29 is 9.18 Å². The molecule has 0 bridgehead atoms. The molecule has 1 aromatic heterocycles. The summed E-state index contributed by atoms with van der Waals surface area (Å²) in [5.41, 5.74) is 4.66. The highest BCUT2D eigenvalue weighted by molar-refractivity contribution is 5.95. The minimum atomic E-state index is -0.307. The Kier molecular flexibility index (Phi) is 6.07. The van der Waals surface area contributed by atoms with Crippen molar-refractivity contribution in [3.63, 3.8) is 0 Å². The standard InChI is InChI=1S/C24H28FN3O/c1-27(13-4-7-24(29)18-8-10-19(25)11-9-18)15-16-28-14-12-21-20-5-2-3-6-22(20)26-23(21)17-28/h2-3,5-6,8-11,26H,4,7,12-17H2,1H3. The zero-order valence-corrected chi connectivity index (χ0v) is 17.0. The topological polar surface area (TPSA) is 39.3 Å². The molecule has 5 heteroatoms.